The number of carbonyl (C=O) groups is 4. The molecule has 250 valence electrons. The first kappa shape index (κ1) is 34.2. The monoisotopic (exact) mass is 636 g/mol. The largest absolute Gasteiger partial charge is 0.478 e. The summed E-state index contributed by atoms with van der Waals surface area (Å²) >= 11 is 0. The van der Waals surface area contributed by atoms with Gasteiger partial charge in [0.15, 0.2) is 5.78 Å². The maximum Gasteiger partial charge on any atom is 0.478 e. The summed E-state index contributed by atoms with van der Waals surface area (Å²) in [6, 6.07) is -1.51. The Labute approximate surface area is 271 Å². The number of Topliss-reactive ketones (excluding diaryl/α,β-unsaturated/α-hetero) is 1. The second-order valence-corrected chi connectivity index (χ2v) is 14.7. The van der Waals surface area contributed by atoms with Gasteiger partial charge in [0.2, 0.25) is 11.8 Å². The van der Waals surface area contributed by atoms with Crippen molar-refractivity contribution in [1.29, 1.82) is 5.41 Å². The van der Waals surface area contributed by atoms with Crippen molar-refractivity contribution in [3.8, 4) is 0 Å². The molecular formula is C33H49BN6O6. The van der Waals surface area contributed by atoms with Crippen LogP contribution in [0.5, 0.6) is 0 Å². The molecule has 2 saturated heterocycles. The fourth-order valence-electron chi connectivity index (χ4n) is 8.21. The standard InChI is InChI=1S/C33H49BN6O6/c1-33(2,3)27(23(35)17-25(41)28(20-9-5-4-6-10-20)39-30(42)24-18-36-14-15-37-24)32(44)40-19-21-11-7-12-22(21)29(40)31(43)38-26-13-8-16-46-34(26)45/h14-15,18,20-22,26-29,35,45H,4-13,16-17,19H2,1-3H3,(H,38,43)(H,39,42)/t21?,22?,26?,27-,28+,29?/m1/s1. The highest BCUT2D eigenvalue weighted by molar-refractivity contribution is 6.45. The lowest BCUT2D eigenvalue weighted by atomic mass is 9.73. The average molecular weight is 637 g/mol. The van der Waals surface area contributed by atoms with Gasteiger partial charge in [0, 0.05) is 37.7 Å². The van der Waals surface area contributed by atoms with E-state index in [1.165, 1.54) is 18.6 Å². The van der Waals surface area contributed by atoms with Crippen LogP contribution in [0.15, 0.2) is 18.6 Å². The molecule has 2 aliphatic carbocycles. The minimum absolute atomic E-state index is 0.00835. The Kier molecular flexibility index (Phi) is 10.9. The normalized spacial score (nSPS) is 26.6. The number of amides is 3. The molecule has 46 heavy (non-hydrogen) atoms. The molecule has 12 nitrogen and oxygen atoms in total. The summed E-state index contributed by atoms with van der Waals surface area (Å²) < 4.78 is 5.35. The smallest absolute Gasteiger partial charge is 0.426 e. The van der Waals surface area contributed by atoms with E-state index in [2.05, 4.69) is 20.6 Å². The van der Waals surface area contributed by atoms with Crippen molar-refractivity contribution in [2.45, 2.75) is 109 Å². The topological polar surface area (TPSA) is 175 Å². The molecule has 2 saturated carbocycles. The molecule has 3 amide bonds. The molecule has 1 aromatic heterocycles. The van der Waals surface area contributed by atoms with Crippen LogP contribution < -0.4 is 10.6 Å². The van der Waals surface area contributed by atoms with Crippen molar-refractivity contribution in [2.75, 3.05) is 13.2 Å². The average Bonchev–Trinajstić information content (AvgIpc) is 3.63. The van der Waals surface area contributed by atoms with Gasteiger partial charge in [-0.2, -0.15) is 0 Å². The Morgan fingerprint density at radius 2 is 1.83 bits per heavy atom. The summed E-state index contributed by atoms with van der Waals surface area (Å²) in [4.78, 5) is 65.0. The van der Waals surface area contributed by atoms with Crippen molar-refractivity contribution in [1.82, 2.24) is 25.5 Å². The van der Waals surface area contributed by atoms with Crippen molar-refractivity contribution in [2.24, 2.45) is 29.1 Å². The lowest BCUT2D eigenvalue weighted by Gasteiger charge is -2.37. The van der Waals surface area contributed by atoms with Crippen LogP contribution in [0.25, 0.3) is 0 Å². The zero-order chi connectivity index (χ0) is 33.0. The van der Waals surface area contributed by atoms with Crippen molar-refractivity contribution >= 4 is 36.3 Å². The summed E-state index contributed by atoms with van der Waals surface area (Å²) in [6.45, 7) is 6.50. The van der Waals surface area contributed by atoms with Crippen molar-refractivity contribution < 1.29 is 28.9 Å². The summed E-state index contributed by atoms with van der Waals surface area (Å²) in [5.41, 5.74) is -0.599. The maximum atomic E-state index is 14.5. The van der Waals surface area contributed by atoms with Crippen LogP contribution in [-0.4, -0.2) is 87.4 Å². The minimum Gasteiger partial charge on any atom is -0.426 e. The number of hydrogen-bond donors (Lipinski definition) is 4. The molecule has 0 spiro atoms. The quantitative estimate of drug-likeness (QED) is 0.224. The minimum atomic E-state index is -1.09. The predicted octanol–water partition coefficient (Wildman–Crippen LogP) is 2.74. The van der Waals surface area contributed by atoms with E-state index in [-0.39, 0.29) is 53.2 Å². The van der Waals surface area contributed by atoms with Crippen LogP contribution in [0.4, 0.5) is 0 Å². The lowest BCUT2D eigenvalue weighted by molar-refractivity contribution is -0.143. The zero-order valence-electron chi connectivity index (χ0n) is 27.4. The zero-order valence-corrected chi connectivity index (χ0v) is 27.4. The van der Waals surface area contributed by atoms with Gasteiger partial charge in [-0.05, 0) is 61.7 Å². The number of hydrogen-bond acceptors (Lipinski definition) is 9. The Morgan fingerprint density at radius 1 is 1.07 bits per heavy atom. The third-order valence-electron chi connectivity index (χ3n) is 10.4. The number of rotatable bonds is 10. The molecule has 4 N–H and O–H groups in total. The molecule has 2 aliphatic heterocycles. The van der Waals surface area contributed by atoms with E-state index < -0.39 is 42.4 Å². The lowest BCUT2D eigenvalue weighted by Crippen LogP contribution is -2.58. The number of likely N-dealkylation sites (tertiary alicyclic amines) is 1. The van der Waals surface area contributed by atoms with E-state index in [0.29, 0.717) is 19.6 Å². The molecule has 13 heteroatoms. The fourth-order valence-corrected chi connectivity index (χ4v) is 8.21. The highest BCUT2D eigenvalue weighted by Crippen LogP contribution is 2.44. The molecule has 1 aromatic rings. The van der Waals surface area contributed by atoms with Crippen LogP contribution in [0, 0.1) is 34.5 Å². The van der Waals surface area contributed by atoms with E-state index in [4.69, 9.17) is 4.65 Å². The summed E-state index contributed by atoms with van der Waals surface area (Å²) in [5.74, 6) is -2.74. The molecule has 4 fully saturated rings. The van der Waals surface area contributed by atoms with E-state index in [0.717, 1.165) is 57.8 Å². The number of nitrogens with zero attached hydrogens (tertiary/aromatic N) is 3. The number of aromatic nitrogens is 2. The Hall–Kier alpha value is -3.19. The number of fused-ring (bicyclic) bond motifs is 1. The molecule has 4 aliphatic rings. The SMILES string of the molecule is CC(C)(C)[C@H](C(=N)CC(=O)[C@@H](NC(=O)c1cnccn1)C1CCCCC1)C(=O)N1CC2CCCC2C1C(=O)NC1CCCOB1O. The summed E-state index contributed by atoms with van der Waals surface area (Å²) in [7, 11) is -1.09. The van der Waals surface area contributed by atoms with Gasteiger partial charge >= 0.3 is 7.12 Å². The fraction of sp³-hybridized carbons (Fsp3) is 0.727. The predicted molar refractivity (Wildman–Crippen MR) is 172 cm³/mol. The van der Waals surface area contributed by atoms with Gasteiger partial charge in [0.1, 0.15) is 11.7 Å². The van der Waals surface area contributed by atoms with Gasteiger partial charge in [0.05, 0.1) is 24.1 Å². The highest BCUT2D eigenvalue weighted by Gasteiger charge is 2.53. The van der Waals surface area contributed by atoms with Crippen LogP contribution >= 0.6 is 0 Å². The maximum absolute atomic E-state index is 14.5. The van der Waals surface area contributed by atoms with Gasteiger partial charge in [-0.25, -0.2) is 4.98 Å². The van der Waals surface area contributed by atoms with E-state index in [1.807, 2.05) is 20.8 Å². The molecule has 0 aromatic carbocycles. The third kappa shape index (κ3) is 7.68. The molecule has 4 unspecified atom stereocenters. The Balaban J connectivity index is 1.34. The van der Waals surface area contributed by atoms with Gasteiger partial charge in [-0.15, -0.1) is 0 Å². The van der Waals surface area contributed by atoms with Crippen LogP contribution in [-0.2, 0) is 19.0 Å². The molecular weight excluding hydrogens is 587 g/mol. The van der Waals surface area contributed by atoms with Crippen LogP contribution in [0.1, 0.15) is 102 Å². The van der Waals surface area contributed by atoms with E-state index >= 15 is 0 Å². The van der Waals surface area contributed by atoms with Gasteiger partial charge in [0.25, 0.3) is 5.91 Å². The number of ketones is 1. The van der Waals surface area contributed by atoms with Gasteiger partial charge in [-0.1, -0.05) is 46.5 Å². The van der Waals surface area contributed by atoms with Crippen LogP contribution in [0.2, 0.25) is 0 Å². The van der Waals surface area contributed by atoms with Crippen molar-refractivity contribution in [3.05, 3.63) is 24.3 Å². The molecule has 0 radical (unpaired) electrons. The molecule has 6 atom stereocenters. The van der Waals surface area contributed by atoms with Crippen molar-refractivity contribution in [3.63, 3.8) is 0 Å². The first-order chi connectivity index (χ1) is 22.0. The molecule has 5 rings (SSSR count). The summed E-state index contributed by atoms with van der Waals surface area (Å²) in [6.07, 6.45) is 12.6. The van der Waals surface area contributed by atoms with E-state index in [9.17, 15) is 29.6 Å². The number of nitrogens with one attached hydrogen (secondary N) is 3. The second-order valence-electron chi connectivity index (χ2n) is 14.7. The van der Waals surface area contributed by atoms with E-state index in [1.54, 1.807) is 4.90 Å². The van der Waals surface area contributed by atoms with Gasteiger partial charge in [-0.3, -0.25) is 24.2 Å². The molecule has 0 bridgehead atoms. The van der Waals surface area contributed by atoms with Gasteiger partial charge < -0.3 is 30.6 Å². The highest BCUT2D eigenvalue weighted by atomic mass is 16.5. The first-order valence-electron chi connectivity index (χ1n) is 17.0. The third-order valence-corrected chi connectivity index (χ3v) is 10.4. The second kappa shape index (κ2) is 14.7. The summed E-state index contributed by atoms with van der Waals surface area (Å²) in [5, 5.41) is 25.4. The van der Waals surface area contributed by atoms with Crippen LogP contribution in [0.3, 0.4) is 0 Å². The number of carbonyl (C=O) groups excluding carboxylic acids is 4. The molecule has 3 heterocycles. The first-order valence-corrected chi connectivity index (χ1v) is 17.0. The Morgan fingerprint density at radius 3 is 2.50 bits per heavy atom. The Bertz CT molecular complexity index is 1280.